The summed E-state index contributed by atoms with van der Waals surface area (Å²) in [4.78, 5) is 34.2. The maximum Gasteiger partial charge on any atom is 0.431 e. The lowest BCUT2D eigenvalue weighted by atomic mass is 10.1. The maximum atomic E-state index is 12.6. The molecule has 0 bridgehead atoms. The zero-order chi connectivity index (χ0) is 24.3. The molecule has 0 spiro atoms. The van der Waals surface area contributed by atoms with Gasteiger partial charge in [0.15, 0.2) is 0 Å². The highest BCUT2D eigenvalue weighted by Crippen LogP contribution is 2.29. The second-order valence-electron chi connectivity index (χ2n) is 6.48. The van der Waals surface area contributed by atoms with Gasteiger partial charge in [0.1, 0.15) is 17.0 Å². The summed E-state index contributed by atoms with van der Waals surface area (Å²) in [6.07, 6.45) is -9.12. The molecule has 2 heterocycles. The summed E-state index contributed by atoms with van der Waals surface area (Å²) in [7, 11) is 2.07. The summed E-state index contributed by atoms with van der Waals surface area (Å²) in [5, 5.41) is 0. The van der Waals surface area contributed by atoms with Crippen LogP contribution in [0.25, 0.3) is 0 Å². The van der Waals surface area contributed by atoms with Crippen LogP contribution < -0.4 is 11.1 Å². The Kier molecular flexibility index (Phi) is 11.4. The molecule has 0 saturated heterocycles. The molecule has 0 aromatic carbocycles. The van der Waals surface area contributed by atoms with Crippen molar-refractivity contribution in [3.8, 4) is 0 Å². The predicted octanol–water partition coefficient (Wildman–Crippen LogP) is 4.87. The van der Waals surface area contributed by atoms with Gasteiger partial charge in [-0.2, -0.15) is 26.3 Å². The van der Waals surface area contributed by atoms with Gasteiger partial charge in [0.25, 0.3) is 11.1 Å². The van der Waals surface area contributed by atoms with E-state index in [2.05, 4.69) is 4.74 Å². The van der Waals surface area contributed by atoms with Gasteiger partial charge < -0.3 is 13.9 Å². The average molecular weight is 486 g/mol. The summed E-state index contributed by atoms with van der Waals surface area (Å²) < 4.78 is 80.2. The van der Waals surface area contributed by atoms with Crippen LogP contribution in [0.3, 0.4) is 0 Å². The smallest absolute Gasteiger partial charge is 0.431 e. The average Bonchev–Trinajstić information content (AvgIpc) is 2.60. The monoisotopic (exact) mass is 486 g/mol. The summed E-state index contributed by atoms with van der Waals surface area (Å²) in [6.45, 7) is 4.31. The Morgan fingerprint density at radius 2 is 1.33 bits per heavy atom. The van der Waals surface area contributed by atoms with Crippen molar-refractivity contribution in [3.63, 3.8) is 0 Å². The second-order valence-corrected chi connectivity index (χ2v) is 6.48. The van der Waals surface area contributed by atoms with Gasteiger partial charge in [0, 0.05) is 20.2 Å². The normalized spacial score (nSPS) is 10.9. The molecule has 0 radical (unpaired) electrons. The van der Waals surface area contributed by atoms with Gasteiger partial charge in [0.05, 0.1) is 6.61 Å². The third-order valence-corrected chi connectivity index (χ3v) is 4.10. The largest absolute Gasteiger partial charge is 0.462 e. The first kappa shape index (κ1) is 32.1. The van der Waals surface area contributed by atoms with Crippen LogP contribution in [0.4, 0.5) is 26.3 Å². The van der Waals surface area contributed by atoms with Crippen LogP contribution in [0.1, 0.15) is 54.6 Å². The summed E-state index contributed by atoms with van der Waals surface area (Å²) in [6, 6.07) is 2.87. The molecule has 0 atom stereocenters. The molecule has 6 nitrogen and oxygen atoms in total. The summed E-state index contributed by atoms with van der Waals surface area (Å²) in [5.41, 5.74) is -3.78. The van der Waals surface area contributed by atoms with Crippen molar-refractivity contribution in [1.29, 1.82) is 0 Å². The second kappa shape index (κ2) is 11.7. The minimum atomic E-state index is -4.65. The number of alkyl halides is 6. The molecular formula is C21H28F6N2O4. The van der Waals surface area contributed by atoms with Gasteiger partial charge in [-0.15, -0.1) is 0 Å². The van der Waals surface area contributed by atoms with E-state index in [1.54, 1.807) is 6.92 Å². The molecule has 0 unspecified atom stereocenters. The number of carbonyl (C=O) groups excluding carboxylic acids is 1. The van der Waals surface area contributed by atoms with Crippen molar-refractivity contribution in [2.45, 2.75) is 48.0 Å². The Hall–Kier alpha value is -3.05. The molecule has 2 aromatic rings. The van der Waals surface area contributed by atoms with E-state index in [0.717, 1.165) is 32.3 Å². The minimum Gasteiger partial charge on any atom is -0.462 e. The summed E-state index contributed by atoms with van der Waals surface area (Å²) in [5.74, 6) is -0.913. The Bertz CT molecular complexity index is 1080. The fourth-order valence-electron chi connectivity index (χ4n) is 2.58. The van der Waals surface area contributed by atoms with E-state index < -0.39 is 40.8 Å². The van der Waals surface area contributed by atoms with Crippen LogP contribution in [0.2, 0.25) is 0 Å². The van der Waals surface area contributed by atoms with E-state index in [9.17, 15) is 40.7 Å². The minimum absolute atomic E-state index is 0. The van der Waals surface area contributed by atoms with Gasteiger partial charge >= 0.3 is 18.3 Å². The topological polar surface area (TPSA) is 70.3 Å². The number of aryl methyl sites for hydroxylation is 2. The SMILES string of the molecule is C.C.CCOC(=O)c1c(C)cc(C(F)(F)F)n(C)c1=O.Cc1cc(C(F)(F)F)n(C)c(=O)c1. The first-order chi connectivity index (χ1) is 14.0. The number of halogens is 6. The highest BCUT2D eigenvalue weighted by Gasteiger charge is 2.35. The van der Waals surface area contributed by atoms with E-state index in [1.165, 1.54) is 13.8 Å². The quantitative estimate of drug-likeness (QED) is 0.449. The lowest BCUT2D eigenvalue weighted by molar-refractivity contribution is -0.144. The van der Waals surface area contributed by atoms with Crippen molar-refractivity contribution in [2.75, 3.05) is 6.61 Å². The lowest BCUT2D eigenvalue weighted by Crippen LogP contribution is -2.31. The van der Waals surface area contributed by atoms with E-state index in [0.29, 0.717) is 14.7 Å². The standard InChI is InChI=1S/C11H12F3NO3.C8H8F3NO.2CH4/c1-4-18-10(17)8-6(2)5-7(11(12,13)14)15(3)9(8)16;1-5-3-6(8(9,10)11)12(2)7(13)4-5;;/h5H,4H2,1-3H3;3-4H,1-2H3;2*1H4. The lowest BCUT2D eigenvalue weighted by Gasteiger charge is -2.14. The van der Waals surface area contributed by atoms with E-state index in [4.69, 9.17) is 0 Å². The van der Waals surface area contributed by atoms with Gasteiger partial charge in [0.2, 0.25) is 0 Å². The fraction of sp³-hybridized carbons (Fsp3) is 0.476. The number of carbonyl (C=O) groups is 1. The maximum absolute atomic E-state index is 12.6. The Labute approximate surface area is 187 Å². The number of nitrogens with zero attached hydrogens (tertiary/aromatic N) is 2. The number of rotatable bonds is 2. The Balaban J connectivity index is 0. The number of esters is 1. The van der Waals surface area contributed by atoms with Crippen molar-refractivity contribution >= 4 is 5.97 Å². The molecule has 2 rings (SSSR count). The highest BCUT2D eigenvalue weighted by atomic mass is 19.4. The Morgan fingerprint density at radius 1 is 0.879 bits per heavy atom. The number of hydrogen-bond acceptors (Lipinski definition) is 4. The third kappa shape index (κ3) is 7.79. The number of hydrogen-bond donors (Lipinski definition) is 0. The van der Waals surface area contributed by atoms with Crippen LogP contribution in [0.15, 0.2) is 27.8 Å². The zero-order valence-corrected chi connectivity index (χ0v) is 17.2. The van der Waals surface area contributed by atoms with E-state index in [1.807, 2.05) is 0 Å². The van der Waals surface area contributed by atoms with Crippen LogP contribution in [0.5, 0.6) is 0 Å². The van der Waals surface area contributed by atoms with E-state index in [-0.39, 0.29) is 32.6 Å². The zero-order valence-electron chi connectivity index (χ0n) is 17.2. The van der Waals surface area contributed by atoms with Gasteiger partial charge in [-0.1, -0.05) is 14.9 Å². The number of aromatic nitrogens is 2. The Morgan fingerprint density at radius 3 is 1.76 bits per heavy atom. The third-order valence-electron chi connectivity index (χ3n) is 4.10. The first-order valence-electron chi connectivity index (χ1n) is 8.72. The van der Waals surface area contributed by atoms with Crippen molar-refractivity contribution in [1.82, 2.24) is 9.13 Å². The van der Waals surface area contributed by atoms with Crippen LogP contribution >= 0.6 is 0 Å². The first-order valence-corrected chi connectivity index (χ1v) is 8.72. The van der Waals surface area contributed by atoms with Crippen molar-refractivity contribution in [2.24, 2.45) is 14.1 Å². The van der Waals surface area contributed by atoms with Crippen LogP contribution in [-0.2, 0) is 31.2 Å². The van der Waals surface area contributed by atoms with Crippen molar-refractivity contribution < 1.29 is 35.9 Å². The van der Waals surface area contributed by atoms with Gasteiger partial charge in [-0.3, -0.25) is 9.59 Å². The molecular weight excluding hydrogens is 458 g/mol. The molecule has 0 N–H and O–H groups in total. The number of ether oxygens (including phenoxy) is 1. The molecule has 0 aliphatic rings. The fourth-order valence-corrected chi connectivity index (χ4v) is 2.58. The molecule has 12 heteroatoms. The summed E-state index contributed by atoms with van der Waals surface area (Å²) >= 11 is 0. The molecule has 0 amide bonds. The molecule has 33 heavy (non-hydrogen) atoms. The molecule has 2 aromatic heterocycles. The number of pyridine rings is 2. The predicted molar refractivity (Wildman–Crippen MR) is 112 cm³/mol. The van der Waals surface area contributed by atoms with Crippen LogP contribution in [-0.4, -0.2) is 21.7 Å². The molecule has 0 aliphatic heterocycles. The van der Waals surface area contributed by atoms with Gasteiger partial charge in [-0.25, -0.2) is 4.79 Å². The van der Waals surface area contributed by atoms with Gasteiger partial charge in [-0.05, 0) is 44.0 Å². The van der Waals surface area contributed by atoms with E-state index >= 15 is 0 Å². The molecule has 0 aliphatic carbocycles. The molecule has 0 fully saturated rings. The highest BCUT2D eigenvalue weighted by molar-refractivity contribution is 5.90. The van der Waals surface area contributed by atoms with Crippen molar-refractivity contribution in [3.05, 3.63) is 67.0 Å². The van der Waals surface area contributed by atoms with Crippen LogP contribution in [0, 0.1) is 13.8 Å². The molecule has 0 saturated carbocycles. The molecule has 188 valence electrons.